The van der Waals surface area contributed by atoms with Gasteiger partial charge in [0.1, 0.15) is 0 Å². The lowest BCUT2D eigenvalue weighted by Gasteiger charge is -2.26. The summed E-state index contributed by atoms with van der Waals surface area (Å²) in [5.74, 6) is -0.665. The zero-order valence-electron chi connectivity index (χ0n) is 16.9. The Morgan fingerprint density at radius 3 is 2.35 bits per heavy atom. The van der Waals surface area contributed by atoms with Gasteiger partial charge in [0, 0.05) is 32.9 Å². The standard InChI is InChI=1S/C19H22ClN3O6S2/c1-22(2)30(25,26)16-6-7-18(20)17(13-16)19(24)21-14-4-3-5-15(12-14)31(27,28)23-8-10-29-11-9-23/h3-7,12-13H,8-11H2,1-2H3,(H,21,24). The summed E-state index contributed by atoms with van der Waals surface area (Å²) in [6, 6.07) is 9.65. The van der Waals surface area contributed by atoms with Crippen molar-refractivity contribution in [2.24, 2.45) is 0 Å². The van der Waals surface area contributed by atoms with Gasteiger partial charge in [-0.3, -0.25) is 4.79 Å². The van der Waals surface area contributed by atoms with Gasteiger partial charge in [0.25, 0.3) is 5.91 Å². The maximum absolute atomic E-state index is 12.8. The highest BCUT2D eigenvalue weighted by atomic mass is 35.5. The lowest BCUT2D eigenvalue weighted by atomic mass is 10.2. The number of anilines is 1. The van der Waals surface area contributed by atoms with Gasteiger partial charge < -0.3 is 10.1 Å². The first kappa shape index (κ1) is 23.6. The van der Waals surface area contributed by atoms with Crippen molar-refractivity contribution in [1.29, 1.82) is 0 Å². The molecule has 1 N–H and O–H groups in total. The molecule has 0 aromatic heterocycles. The summed E-state index contributed by atoms with van der Waals surface area (Å²) < 4.78 is 57.9. The highest BCUT2D eigenvalue weighted by molar-refractivity contribution is 7.89. The zero-order valence-corrected chi connectivity index (χ0v) is 19.3. The van der Waals surface area contributed by atoms with Crippen molar-refractivity contribution in [3.8, 4) is 0 Å². The van der Waals surface area contributed by atoms with Crippen LogP contribution in [0.4, 0.5) is 5.69 Å². The van der Waals surface area contributed by atoms with Crippen LogP contribution < -0.4 is 5.32 Å². The number of benzene rings is 2. The highest BCUT2D eigenvalue weighted by Gasteiger charge is 2.27. The molecule has 0 unspecified atom stereocenters. The molecule has 9 nitrogen and oxygen atoms in total. The van der Waals surface area contributed by atoms with Gasteiger partial charge in [0.15, 0.2) is 0 Å². The normalized spacial score (nSPS) is 15.7. The predicted molar refractivity (Wildman–Crippen MR) is 116 cm³/mol. The first-order chi connectivity index (χ1) is 14.5. The van der Waals surface area contributed by atoms with Crippen molar-refractivity contribution in [3.63, 3.8) is 0 Å². The van der Waals surface area contributed by atoms with E-state index in [1.807, 2.05) is 0 Å². The molecule has 1 aliphatic rings. The first-order valence-electron chi connectivity index (χ1n) is 9.25. The van der Waals surface area contributed by atoms with Gasteiger partial charge in [-0.05, 0) is 36.4 Å². The summed E-state index contributed by atoms with van der Waals surface area (Å²) in [7, 11) is -4.74. The third kappa shape index (κ3) is 5.08. The van der Waals surface area contributed by atoms with Gasteiger partial charge in [-0.25, -0.2) is 21.1 Å². The number of morpholine rings is 1. The van der Waals surface area contributed by atoms with Crippen LogP contribution in [0.25, 0.3) is 0 Å². The molecular formula is C19H22ClN3O6S2. The van der Waals surface area contributed by atoms with Crippen molar-refractivity contribution in [3.05, 3.63) is 53.1 Å². The molecule has 1 saturated heterocycles. The second-order valence-electron chi connectivity index (χ2n) is 6.93. The lowest BCUT2D eigenvalue weighted by Crippen LogP contribution is -2.40. The van der Waals surface area contributed by atoms with Gasteiger partial charge in [0.05, 0.1) is 33.6 Å². The van der Waals surface area contributed by atoms with Gasteiger partial charge >= 0.3 is 0 Å². The topological polar surface area (TPSA) is 113 Å². The van der Waals surface area contributed by atoms with Crippen molar-refractivity contribution in [2.75, 3.05) is 45.7 Å². The summed E-state index contributed by atoms with van der Waals surface area (Å²) in [6.45, 7) is 1.14. The number of halogens is 1. The van der Waals surface area contributed by atoms with E-state index in [0.717, 1.165) is 4.31 Å². The molecule has 0 radical (unpaired) electrons. The summed E-state index contributed by atoms with van der Waals surface area (Å²) in [5, 5.41) is 2.65. The largest absolute Gasteiger partial charge is 0.379 e. The quantitative estimate of drug-likeness (QED) is 0.665. The van der Waals surface area contributed by atoms with E-state index in [4.69, 9.17) is 16.3 Å². The third-order valence-electron chi connectivity index (χ3n) is 4.66. The first-order valence-corrected chi connectivity index (χ1v) is 12.5. The Morgan fingerprint density at radius 1 is 1.03 bits per heavy atom. The molecule has 31 heavy (non-hydrogen) atoms. The Balaban J connectivity index is 1.87. The van der Waals surface area contributed by atoms with Crippen LogP contribution in [0.2, 0.25) is 5.02 Å². The molecule has 0 bridgehead atoms. The number of carbonyl (C=O) groups is 1. The molecule has 168 valence electrons. The Bertz CT molecular complexity index is 1190. The molecule has 1 amide bonds. The van der Waals surface area contributed by atoms with Crippen LogP contribution in [0.15, 0.2) is 52.3 Å². The van der Waals surface area contributed by atoms with E-state index < -0.39 is 26.0 Å². The van der Waals surface area contributed by atoms with E-state index in [0.29, 0.717) is 13.2 Å². The van der Waals surface area contributed by atoms with Crippen LogP contribution in [-0.2, 0) is 24.8 Å². The molecule has 0 atom stereocenters. The summed E-state index contributed by atoms with van der Waals surface area (Å²) in [5.41, 5.74) is 0.183. The average Bonchev–Trinajstić information content (AvgIpc) is 2.74. The Labute approximate surface area is 186 Å². The maximum Gasteiger partial charge on any atom is 0.257 e. The summed E-state index contributed by atoms with van der Waals surface area (Å²) in [4.78, 5) is 12.7. The molecule has 0 aliphatic carbocycles. The molecule has 3 rings (SSSR count). The van der Waals surface area contributed by atoms with Crippen LogP contribution in [-0.4, -0.2) is 71.8 Å². The molecule has 1 aliphatic heterocycles. The zero-order chi connectivity index (χ0) is 22.8. The van der Waals surface area contributed by atoms with Crippen molar-refractivity contribution < 1.29 is 26.4 Å². The smallest absolute Gasteiger partial charge is 0.257 e. The summed E-state index contributed by atoms with van der Waals surface area (Å²) in [6.07, 6.45) is 0. The number of hydrogen-bond acceptors (Lipinski definition) is 6. The molecule has 2 aromatic carbocycles. The van der Waals surface area contributed by atoms with Gasteiger partial charge in [0.2, 0.25) is 20.0 Å². The number of sulfonamides is 2. The maximum atomic E-state index is 12.8. The van der Waals surface area contributed by atoms with E-state index in [-0.39, 0.29) is 39.2 Å². The molecule has 1 fully saturated rings. The minimum atomic E-state index is -3.76. The fourth-order valence-corrected chi connectivity index (χ4v) is 5.50. The SMILES string of the molecule is CN(C)S(=O)(=O)c1ccc(Cl)c(C(=O)Nc2cccc(S(=O)(=O)N3CCOCC3)c2)c1. The Morgan fingerprint density at radius 2 is 1.71 bits per heavy atom. The molecule has 2 aromatic rings. The van der Waals surface area contributed by atoms with Crippen LogP contribution in [0.5, 0.6) is 0 Å². The third-order valence-corrected chi connectivity index (χ3v) is 8.70. The van der Waals surface area contributed by atoms with Gasteiger partial charge in [-0.15, -0.1) is 0 Å². The molecule has 12 heteroatoms. The number of amides is 1. The number of hydrogen-bond donors (Lipinski definition) is 1. The number of rotatable bonds is 6. The summed E-state index contributed by atoms with van der Waals surface area (Å²) >= 11 is 6.11. The Kier molecular flexibility index (Phi) is 7.04. The fourth-order valence-electron chi connectivity index (χ4n) is 2.92. The number of ether oxygens (including phenoxy) is 1. The molecule has 0 spiro atoms. The van der Waals surface area contributed by atoms with Gasteiger partial charge in [-0.2, -0.15) is 4.31 Å². The minimum absolute atomic E-state index is 0.0298. The Hall–Kier alpha value is -2.02. The monoisotopic (exact) mass is 487 g/mol. The number of nitrogens with one attached hydrogen (secondary N) is 1. The van der Waals surface area contributed by atoms with Crippen LogP contribution in [0, 0.1) is 0 Å². The van der Waals surface area contributed by atoms with Crippen LogP contribution in [0.1, 0.15) is 10.4 Å². The van der Waals surface area contributed by atoms with E-state index in [2.05, 4.69) is 5.32 Å². The van der Waals surface area contributed by atoms with Crippen LogP contribution in [0.3, 0.4) is 0 Å². The van der Waals surface area contributed by atoms with E-state index in [1.54, 1.807) is 0 Å². The van der Waals surface area contributed by atoms with E-state index >= 15 is 0 Å². The van der Waals surface area contributed by atoms with Crippen LogP contribution >= 0.6 is 11.6 Å². The average molecular weight is 488 g/mol. The predicted octanol–water partition coefficient (Wildman–Crippen LogP) is 1.86. The fraction of sp³-hybridized carbons (Fsp3) is 0.316. The van der Waals surface area contributed by atoms with Gasteiger partial charge in [-0.1, -0.05) is 17.7 Å². The molecule has 1 heterocycles. The van der Waals surface area contributed by atoms with E-state index in [9.17, 15) is 21.6 Å². The molecular weight excluding hydrogens is 466 g/mol. The van der Waals surface area contributed by atoms with Crippen molar-refractivity contribution in [1.82, 2.24) is 8.61 Å². The van der Waals surface area contributed by atoms with E-state index in [1.165, 1.54) is 60.9 Å². The molecule has 0 saturated carbocycles. The second-order valence-corrected chi connectivity index (χ2v) is 11.4. The minimum Gasteiger partial charge on any atom is -0.379 e. The second kappa shape index (κ2) is 9.23. The highest BCUT2D eigenvalue weighted by Crippen LogP contribution is 2.25. The van der Waals surface area contributed by atoms with Crippen molar-refractivity contribution in [2.45, 2.75) is 9.79 Å². The van der Waals surface area contributed by atoms with Crippen molar-refractivity contribution >= 4 is 43.2 Å². The number of nitrogens with zero attached hydrogens (tertiary/aromatic N) is 2. The number of carbonyl (C=O) groups excluding carboxylic acids is 1. The lowest BCUT2D eigenvalue weighted by molar-refractivity contribution is 0.0730.